The minimum absolute atomic E-state index is 0.563. The van der Waals surface area contributed by atoms with Crippen molar-refractivity contribution in [3.8, 4) is 0 Å². The number of carbonyl (C=O) groups excluding carboxylic acids is 3. The summed E-state index contributed by atoms with van der Waals surface area (Å²) < 4.78 is 64.4. The molecule has 440 valence electrons. The van der Waals surface area contributed by atoms with Crippen LogP contribution in [0.5, 0.6) is 0 Å². The third-order valence-corrected chi connectivity index (χ3v) is 13.9. The molecule has 0 spiro atoms. The van der Waals surface area contributed by atoms with E-state index in [9.17, 15) is 96.1 Å². The minimum Gasteiger partial charge on any atom is -0.394 e. The summed E-state index contributed by atoms with van der Waals surface area (Å²) in [6.45, 7) is -0.761. The zero-order chi connectivity index (χ0) is 56.2. The Bertz CT molecular complexity index is 1870. The maximum absolute atomic E-state index is 12.7. The first-order valence-electron chi connectivity index (χ1n) is 24.4. The molecular formula is C43H73N3O30. The van der Waals surface area contributed by atoms with E-state index in [1.54, 1.807) is 0 Å². The van der Waals surface area contributed by atoms with E-state index >= 15 is 0 Å². The minimum atomic E-state index is -2.32. The van der Waals surface area contributed by atoms with E-state index in [0.717, 1.165) is 13.8 Å². The molecule has 6 heterocycles. The van der Waals surface area contributed by atoms with Crippen molar-refractivity contribution in [3.05, 3.63) is 0 Å². The Morgan fingerprint density at radius 1 is 0.355 bits per heavy atom. The van der Waals surface area contributed by atoms with Gasteiger partial charge >= 0.3 is 0 Å². The summed E-state index contributed by atoms with van der Waals surface area (Å²) in [5, 5.41) is 181. The molecule has 6 fully saturated rings. The van der Waals surface area contributed by atoms with Gasteiger partial charge in [-0.1, -0.05) is 0 Å². The maximum atomic E-state index is 12.7. The molecule has 6 aliphatic rings. The zero-order valence-electron chi connectivity index (χ0n) is 41.4. The molecule has 6 rings (SSSR count). The second kappa shape index (κ2) is 27.2. The summed E-state index contributed by atoms with van der Waals surface area (Å²) in [4.78, 5) is 36.9. The van der Waals surface area contributed by atoms with Gasteiger partial charge < -0.3 is 150 Å². The third-order valence-electron chi connectivity index (χ3n) is 13.9. The predicted octanol–water partition coefficient (Wildman–Crippen LogP) is -12.6. The van der Waals surface area contributed by atoms with Gasteiger partial charge in [0.15, 0.2) is 31.5 Å². The van der Waals surface area contributed by atoms with Crippen molar-refractivity contribution in [2.24, 2.45) is 0 Å². The van der Waals surface area contributed by atoms with Crippen LogP contribution in [0.3, 0.4) is 0 Å². The van der Waals surface area contributed by atoms with Gasteiger partial charge in [0, 0.05) is 20.8 Å². The van der Waals surface area contributed by atoms with Gasteiger partial charge in [0.05, 0.1) is 51.8 Å². The second-order valence-corrected chi connectivity index (χ2v) is 19.3. The molecule has 0 radical (unpaired) electrons. The lowest BCUT2D eigenvalue weighted by Gasteiger charge is -2.51. The van der Waals surface area contributed by atoms with E-state index in [2.05, 4.69) is 16.0 Å². The molecular weight excluding hydrogens is 1040 g/mol. The van der Waals surface area contributed by atoms with Crippen LogP contribution in [0.4, 0.5) is 0 Å². The normalized spacial score (nSPS) is 48.2. The van der Waals surface area contributed by atoms with Crippen molar-refractivity contribution < 1.29 is 148 Å². The van der Waals surface area contributed by atoms with Crippen LogP contribution in [-0.4, -0.2) is 323 Å². The average molecular weight is 1110 g/mol. The second-order valence-electron chi connectivity index (χ2n) is 19.3. The van der Waals surface area contributed by atoms with Crippen molar-refractivity contribution in [1.29, 1.82) is 0 Å². The highest BCUT2D eigenvalue weighted by Crippen LogP contribution is 2.37. The van der Waals surface area contributed by atoms with Gasteiger partial charge in [-0.2, -0.15) is 0 Å². The van der Waals surface area contributed by atoms with Gasteiger partial charge in [-0.05, 0) is 6.92 Å². The van der Waals surface area contributed by atoms with E-state index in [-0.39, 0.29) is 0 Å². The molecule has 0 aromatic rings. The predicted molar refractivity (Wildman–Crippen MR) is 237 cm³/mol. The zero-order valence-corrected chi connectivity index (χ0v) is 41.4. The first-order valence-corrected chi connectivity index (χ1v) is 24.4. The third kappa shape index (κ3) is 13.7. The van der Waals surface area contributed by atoms with E-state index in [0.29, 0.717) is 0 Å². The molecule has 19 N–H and O–H groups in total. The van der Waals surface area contributed by atoms with Crippen LogP contribution in [0, 0.1) is 0 Å². The molecule has 3 amide bonds. The summed E-state index contributed by atoms with van der Waals surface area (Å²) in [6, 6.07) is -4.47. The van der Waals surface area contributed by atoms with Gasteiger partial charge in [0.1, 0.15) is 140 Å². The summed E-state index contributed by atoms with van der Waals surface area (Å²) in [7, 11) is 0. The van der Waals surface area contributed by atoms with Crippen molar-refractivity contribution in [2.75, 3.05) is 39.6 Å². The standard InChI is InChI=1S/C43H73N3O30/c1-11-21(44-12(2)52)29(60)35(18(8-50)67-11)73-40-23(46-14(4)54)30(61)36(19(9-51)71-40)74-42-34(65)37(27(58)20(72-42)10-66-41-33(64)31(62)25(56)16(6-48)69-41)75-43-38(32(63)26(57)17(7-49)70-43)76-39-22(45-13(3)53)28(59)24(55)15(5-47)68-39/h11,15-43,47-51,55-65H,5-10H2,1-4H3,(H,44,52)(H,45,53)(H,46,54)/t11-,15?,16?,17?,18?,19?,20?,21?,22?,23?,24+,25+,26+,27+,28?,29?,30?,31?,32?,33?,34?,35+,36+,37?,38?,39-,40-,41-,42-,43+/m0/s1. The van der Waals surface area contributed by atoms with E-state index < -0.39 is 241 Å². The van der Waals surface area contributed by atoms with Gasteiger partial charge in [-0.3, -0.25) is 14.4 Å². The molecule has 0 bridgehead atoms. The Kier molecular flexibility index (Phi) is 22.4. The van der Waals surface area contributed by atoms with Crippen LogP contribution >= 0.6 is 0 Å². The molecule has 33 nitrogen and oxygen atoms in total. The number of amides is 3. The summed E-state index contributed by atoms with van der Waals surface area (Å²) >= 11 is 0. The molecule has 18 unspecified atom stereocenters. The Labute approximate surface area is 432 Å². The number of hydrogen-bond donors (Lipinski definition) is 19. The van der Waals surface area contributed by atoms with Crippen molar-refractivity contribution in [3.63, 3.8) is 0 Å². The molecule has 6 aliphatic heterocycles. The molecule has 0 aromatic heterocycles. The van der Waals surface area contributed by atoms with Crippen LogP contribution in [0.25, 0.3) is 0 Å². The smallest absolute Gasteiger partial charge is 0.217 e. The highest BCUT2D eigenvalue weighted by molar-refractivity contribution is 5.74. The Morgan fingerprint density at radius 2 is 0.737 bits per heavy atom. The van der Waals surface area contributed by atoms with Crippen molar-refractivity contribution in [2.45, 2.75) is 212 Å². The first-order chi connectivity index (χ1) is 35.9. The van der Waals surface area contributed by atoms with Crippen LogP contribution in [-0.2, 0) is 66.5 Å². The quantitative estimate of drug-likeness (QED) is 0.0571. The van der Waals surface area contributed by atoms with E-state index in [1.807, 2.05) is 0 Å². The van der Waals surface area contributed by atoms with Crippen molar-refractivity contribution >= 4 is 17.7 Å². The molecule has 33 heteroatoms. The fourth-order valence-electron chi connectivity index (χ4n) is 9.86. The van der Waals surface area contributed by atoms with Crippen molar-refractivity contribution in [1.82, 2.24) is 16.0 Å². The highest BCUT2D eigenvalue weighted by atomic mass is 16.8. The number of nitrogens with one attached hydrogen (secondary N) is 3. The van der Waals surface area contributed by atoms with Crippen LogP contribution in [0.1, 0.15) is 27.7 Å². The van der Waals surface area contributed by atoms with E-state index in [4.69, 9.17) is 52.1 Å². The highest BCUT2D eigenvalue weighted by Gasteiger charge is 2.58. The molecule has 6 saturated heterocycles. The molecule has 0 aliphatic carbocycles. The fraction of sp³-hybridized carbons (Fsp3) is 0.930. The van der Waals surface area contributed by atoms with Gasteiger partial charge in [0.2, 0.25) is 17.7 Å². The van der Waals surface area contributed by atoms with E-state index in [1.165, 1.54) is 13.8 Å². The molecule has 0 aromatic carbocycles. The van der Waals surface area contributed by atoms with Gasteiger partial charge in [-0.15, -0.1) is 0 Å². The lowest BCUT2D eigenvalue weighted by molar-refractivity contribution is -0.394. The Balaban J connectivity index is 1.33. The first kappa shape index (κ1) is 62.5. The van der Waals surface area contributed by atoms with Gasteiger partial charge in [0.25, 0.3) is 0 Å². The monoisotopic (exact) mass is 1110 g/mol. The van der Waals surface area contributed by atoms with Crippen LogP contribution in [0.2, 0.25) is 0 Å². The molecule has 76 heavy (non-hydrogen) atoms. The van der Waals surface area contributed by atoms with Crippen LogP contribution < -0.4 is 16.0 Å². The number of carbonyl (C=O) groups is 3. The Morgan fingerprint density at radius 3 is 1.26 bits per heavy atom. The number of hydrogen-bond acceptors (Lipinski definition) is 30. The lowest BCUT2D eigenvalue weighted by Crippen LogP contribution is -2.70. The topological polar surface area (TPSA) is 513 Å². The number of rotatable bonds is 19. The molecule has 0 saturated carbocycles. The van der Waals surface area contributed by atoms with Gasteiger partial charge in [-0.25, -0.2) is 0 Å². The fourth-order valence-corrected chi connectivity index (χ4v) is 9.86. The number of aliphatic hydroxyl groups is 16. The molecule has 30 atom stereocenters. The lowest BCUT2D eigenvalue weighted by atomic mass is 9.92. The van der Waals surface area contributed by atoms with Crippen LogP contribution in [0.15, 0.2) is 0 Å². The largest absolute Gasteiger partial charge is 0.394 e. The summed E-state index contributed by atoms with van der Waals surface area (Å²) in [6.07, 6.45) is -49.9. The Hall–Kier alpha value is -2.67. The summed E-state index contributed by atoms with van der Waals surface area (Å²) in [5.74, 6) is -2.16. The average Bonchev–Trinajstić information content (AvgIpc) is 3.37. The SMILES string of the molecule is CC(=O)NC1C(O)[C@H](O)C(CO)O[C@H]1OC1C(O)[C@H](O)C(CO)O[C@@H]1OC1C(O)[C@H](O[C@@H]2C(CO)O[C@@H](O[C@@H]3C(CO)O[C@@H](C)C(NC(C)=O)C3O)C(NC(C)=O)C2O)OC(CO[C@H]2OC(CO)[C@@H](O)C(O)C2O)[C@H]1O. The number of aliphatic hydroxyl groups excluding tert-OH is 16. The maximum Gasteiger partial charge on any atom is 0.217 e. The summed E-state index contributed by atoms with van der Waals surface area (Å²) in [5.41, 5.74) is 0. The number of ether oxygens (including phenoxy) is 11.